The van der Waals surface area contributed by atoms with Gasteiger partial charge >= 0.3 is 0 Å². The van der Waals surface area contributed by atoms with E-state index < -0.39 is 0 Å². The van der Waals surface area contributed by atoms with Crippen molar-refractivity contribution in [3.05, 3.63) is 0 Å². The fraction of sp³-hybridized carbons (Fsp3) is 1.00. The molecule has 1 heterocycles. The van der Waals surface area contributed by atoms with Crippen molar-refractivity contribution in [1.29, 1.82) is 0 Å². The molecule has 1 aliphatic rings. The Kier molecular flexibility index (Phi) is 4.35. The molecule has 1 fully saturated rings. The van der Waals surface area contributed by atoms with Crippen molar-refractivity contribution in [2.75, 3.05) is 26.2 Å². The van der Waals surface area contributed by atoms with Gasteiger partial charge in [-0.1, -0.05) is 0 Å². The normalized spacial score (nSPS) is 21.4. The lowest BCUT2D eigenvalue weighted by molar-refractivity contribution is -0.0151. The van der Waals surface area contributed by atoms with Gasteiger partial charge in [0.1, 0.15) is 0 Å². The lowest BCUT2D eigenvalue weighted by Gasteiger charge is -2.31. The number of nitrogens with two attached hydrogens (primary N) is 1. The maximum atomic E-state index is 5.84. The highest BCUT2D eigenvalue weighted by Gasteiger charge is 2.16. The van der Waals surface area contributed by atoms with Crippen molar-refractivity contribution in [1.82, 2.24) is 4.90 Å². The highest BCUT2D eigenvalue weighted by atomic mass is 16.5. The van der Waals surface area contributed by atoms with Crippen LogP contribution in [-0.2, 0) is 4.74 Å². The molecule has 0 radical (unpaired) electrons. The molecule has 0 aromatic heterocycles. The van der Waals surface area contributed by atoms with Crippen LogP contribution in [0.1, 0.15) is 33.6 Å². The summed E-state index contributed by atoms with van der Waals surface area (Å²) in [6.45, 7) is 10.4. The fourth-order valence-electron chi connectivity index (χ4n) is 1.66. The average molecular weight is 200 g/mol. The largest absolute Gasteiger partial charge is 0.375 e. The Balaban J connectivity index is 2.08. The smallest absolute Gasteiger partial charge is 0.0600 e. The van der Waals surface area contributed by atoms with Crippen LogP contribution in [0.5, 0.6) is 0 Å². The van der Waals surface area contributed by atoms with Gasteiger partial charge in [0.2, 0.25) is 0 Å². The van der Waals surface area contributed by atoms with Gasteiger partial charge in [-0.3, -0.25) is 0 Å². The fourth-order valence-corrected chi connectivity index (χ4v) is 1.66. The first kappa shape index (κ1) is 12.0. The van der Waals surface area contributed by atoms with E-state index in [1.54, 1.807) is 0 Å². The minimum Gasteiger partial charge on any atom is -0.375 e. The van der Waals surface area contributed by atoms with Crippen LogP contribution in [0.15, 0.2) is 0 Å². The molecule has 0 aromatic rings. The molecule has 3 heteroatoms. The summed E-state index contributed by atoms with van der Waals surface area (Å²) in [5, 5.41) is 0. The first-order valence-electron chi connectivity index (χ1n) is 5.59. The Morgan fingerprint density at radius 2 is 1.86 bits per heavy atom. The Labute approximate surface area is 87.6 Å². The van der Waals surface area contributed by atoms with E-state index in [2.05, 4.69) is 25.7 Å². The lowest BCUT2D eigenvalue weighted by atomic mass is 10.1. The zero-order valence-corrected chi connectivity index (χ0v) is 9.75. The SMILES string of the molecule is CC(C)(C)OCCN1CCC(N)CC1. The topological polar surface area (TPSA) is 38.5 Å². The zero-order chi connectivity index (χ0) is 10.6. The number of hydrogen-bond acceptors (Lipinski definition) is 3. The van der Waals surface area contributed by atoms with E-state index in [9.17, 15) is 0 Å². The third kappa shape index (κ3) is 4.94. The number of hydrogen-bond donors (Lipinski definition) is 1. The summed E-state index contributed by atoms with van der Waals surface area (Å²) in [7, 11) is 0. The molecule has 1 saturated heterocycles. The Morgan fingerprint density at radius 1 is 1.29 bits per heavy atom. The van der Waals surface area contributed by atoms with Crippen molar-refractivity contribution in [2.45, 2.75) is 45.3 Å². The van der Waals surface area contributed by atoms with Gasteiger partial charge in [-0.2, -0.15) is 0 Å². The molecular formula is C11H24N2O. The minimum absolute atomic E-state index is 0.00775. The minimum atomic E-state index is -0.00775. The Bertz CT molecular complexity index is 157. The van der Waals surface area contributed by atoms with Crippen molar-refractivity contribution >= 4 is 0 Å². The van der Waals surface area contributed by atoms with Gasteiger partial charge in [0.05, 0.1) is 12.2 Å². The van der Waals surface area contributed by atoms with E-state index >= 15 is 0 Å². The van der Waals surface area contributed by atoms with Gasteiger partial charge in [0.25, 0.3) is 0 Å². The molecular weight excluding hydrogens is 176 g/mol. The van der Waals surface area contributed by atoms with Crippen LogP contribution in [0, 0.1) is 0 Å². The first-order valence-corrected chi connectivity index (χ1v) is 5.59. The molecule has 0 unspecified atom stereocenters. The monoisotopic (exact) mass is 200 g/mol. The summed E-state index contributed by atoms with van der Waals surface area (Å²) in [4.78, 5) is 2.44. The van der Waals surface area contributed by atoms with Crippen LogP contribution in [0.25, 0.3) is 0 Å². The van der Waals surface area contributed by atoms with Gasteiger partial charge in [0, 0.05) is 12.6 Å². The van der Waals surface area contributed by atoms with E-state index in [0.717, 1.165) is 39.1 Å². The highest BCUT2D eigenvalue weighted by molar-refractivity contribution is 4.74. The van der Waals surface area contributed by atoms with Crippen LogP contribution >= 0.6 is 0 Å². The van der Waals surface area contributed by atoms with Crippen LogP contribution < -0.4 is 5.73 Å². The molecule has 84 valence electrons. The van der Waals surface area contributed by atoms with E-state index in [-0.39, 0.29) is 5.60 Å². The van der Waals surface area contributed by atoms with Gasteiger partial charge < -0.3 is 15.4 Å². The second-order valence-electron chi connectivity index (χ2n) is 5.14. The van der Waals surface area contributed by atoms with Crippen molar-refractivity contribution in [2.24, 2.45) is 5.73 Å². The standard InChI is InChI=1S/C11H24N2O/c1-11(2,3)14-9-8-13-6-4-10(12)5-7-13/h10H,4-9,12H2,1-3H3. The number of piperidine rings is 1. The number of rotatable bonds is 3. The summed E-state index contributed by atoms with van der Waals surface area (Å²) < 4.78 is 5.69. The third-order valence-corrected chi connectivity index (χ3v) is 2.57. The van der Waals surface area contributed by atoms with Crippen molar-refractivity contribution in [3.63, 3.8) is 0 Å². The number of ether oxygens (including phenoxy) is 1. The second kappa shape index (κ2) is 5.10. The van der Waals surface area contributed by atoms with E-state index in [1.165, 1.54) is 0 Å². The van der Waals surface area contributed by atoms with Crippen molar-refractivity contribution < 1.29 is 4.74 Å². The van der Waals surface area contributed by atoms with E-state index in [4.69, 9.17) is 10.5 Å². The third-order valence-electron chi connectivity index (χ3n) is 2.57. The van der Waals surface area contributed by atoms with Crippen LogP contribution in [-0.4, -0.2) is 42.8 Å². The van der Waals surface area contributed by atoms with E-state index in [1.807, 2.05) is 0 Å². The summed E-state index contributed by atoms with van der Waals surface area (Å²) >= 11 is 0. The molecule has 0 amide bonds. The van der Waals surface area contributed by atoms with Crippen LogP contribution in [0.2, 0.25) is 0 Å². The number of likely N-dealkylation sites (tertiary alicyclic amines) is 1. The summed E-state index contributed by atoms with van der Waals surface area (Å²) in [6.07, 6.45) is 2.27. The molecule has 0 atom stereocenters. The lowest BCUT2D eigenvalue weighted by Crippen LogP contribution is -2.41. The van der Waals surface area contributed by atoms with Crippen LogP contribution in [0.3, 0.4) is 0 Å². The molecule has 1 aliphatic heterocycles. The molecule has 0 aromatic carbocycles. The molecule has 0 saturated carbocycles. The molecule has 0 aliphatic carbocycles. The number of nitrogens with zero attached hydrogens (tertiary/aromatic N) is 1. The van der Waals surface area contributed by atoms with Crippen molar-refractivity contribution in [3.8, 4) is 0 Å². The predicted octanol–water partition coefficient (Wildman–Crippen LogP) is 1.22. The molecule has 0 bridgehead atoms. The Hall–Kier alpha value is -0.120. The zero-order valence-electron chi connectivity index (χ0n) is 9.75. The summed E-state index contributed by atoms with van der Waals surface area (Å²) in [5.41, 5.74) is 5.83. The quantitative estimate of drug-likeness (QED) is 0.744. The molecule has 3 nitrogen and oxygen atoms in total. The summed E-state index contributed by atoms with van der Waals surface area (Å²) in [5.74, 6) is 0. The maximum Gasteiger partial charge on any atom is 0.0600 e. The van der Waals surface area contributed by atoms with Gasteiger partial charge in [0.15, 0.2) is 0 Å². The first-order chi connectivity index (χ1) is 6.47. The maximum absolute atomic E-state index is 5.84. The van der Waals surface area contributed by atoms with Gasteiger partial charge in [-0.15, -0.1) is 0 Å². The summed E-state index contributed by atoms with van der Waals surface area (Å²) in [6, 6.07) is 0.426. The molecule has 2 N–H and O–H groups in total. The Morgan fingerprint density at radius 3 is 2.36 bits per heavy atom. The molecule has 1 rings (SSSR count). The van der Waals surface area contributed by atoms with Crippen LogP contribution in [0.4, 0.5) is 0 Å². The highest BCUT2D eigenvalue weighted by Crippen LogP contribution is 2.09. The molecule has 14 heavy (non-hydrogen) atoms. The van der Waals surface area contributed by atoms with Gasteiger partial charge in [-0.05, 0) is 46.7 Å². The van der Waals surface area contributed by atoms with E-state index in [0.29, 0.717) is 6.04 Å². The van der Waals surface area contributed by atoms with Gasteiger partial charge in [-0.25, -0.2) is 0 Å². The second-order valence-corrected chi connectivity index (χ2v) is 5.14. The average Bonchev–Trinajstić information content (AvgIpc) is 2.06. The predicted molar refractivity (Wildman–Crippen MR) is 59.4 cm³/mol. The molecule has 0 spiro atoms.